The average molecular weight is 399 g/mol. The van der Waals surface area contributed by atoms with E-state index in [1.165, 1.54) is 12.1 Å². The summed E-state index contributed by atoms with van der Waals surface area (Å²) in [5.41, 5.74) is 0.281. The summed E-state index contributed by atoms with van der Waals surface area (Å²) < 4.78 is 5.67. The minimum absolute atomic E-state index is 0.0428. The molecule has 2 aromatic carbocycles. The Hall–Kier alpha value is -2.83. The van der Waals surface area contributed by atoms with E-state index in [9.17, 15) is 15.4 Å². The number of hydrogen-bond acceptors (Lipinski definition) is 4. The highest BCUT2D eigenvalue weighted by molar-refractivity contribution is 9.10. The van der Waals surface area contributed by atoms with Gasteiger partial charge >= 0.3 is 0 Å². The van der Waals surface area contributed by atoms with Crippen LogP contribution in [0.5, 0.6) is 5.75 Å². The number of nitrogens with zero attached hydrogens (tertiary/aromatic N) is 2. The third-order valence-corrected chi connectivity index (χ3v) is 4.58. The molecule has 0 aromatic heterocycles. The smallest absolute Gasteiger partial charge is 0.270 e. The van der Waals surface area contributed by atoms with Crippen molar-refractivity contribution < 1.29 is 9.66 Å². The third-order valence-electron chi connectivity index (χ3n) is 3.93. The summed E-state index contributed by atoms with van der Waals surface area (Å²) in [5.74, 6) is 6.47. The van der Waals surface area contributed by atoms with E-state index in [1.54, 1.807) is 32.2 Å². The summed E-state index contributed by atoms with van der Waals surface area (Å²) >= 11 is 3.38. The Morgan fingerprint density at radius 2 is 1.96 bits per heavy atom. The van der Waals surface area contributed by atoms with Gasteiger partial charge in [-0.2, -0.15) is 5.26 Å². The van der Waals surface area contributed by atoms with Crippen molar-refractivity contribution in [1.82, 2.24) is 0 Å². The van der Waals surface area contributed by atoms with Gasteiger partial charge in [-0.15, -0.1) is 11.8 Å². The maximum Gasteiger partial charge on any atom is 0.270 e. The van der Waals surface area contributed by atoms with Gasteiger partial charge in [0, 0.05) is 23.0 Å². The predicted octanol–water partition coefficient (Wildman–Crippen LogP) is 4.59. The van der Waals surface area contributed by atoms with E-state index in [2.05, 4.69) is 33.8 Å². The van der Waals surface area contributed by atoms with Crippen LogP contribution in [-0.2, 0) is 5.41 Å². The lowest BCUT2D eigenvalue weighted by Crippen LogP contribution is -2.26. The highest BCUT2D eigenvalue weighted by Gasteiger charge is 2.36. The molecular formula is C19H15BrN2O3. The molecule has 0 aliphatic rings. The van der Waals surface area contributed by atoms with E-state index in [0.29, 0.717) is 15.8 Å². The zero-order chi connectivity index (χ0) is 18.4. The number of hydrogen-bond donors (Lipinski definition) is 0. The minimum atomic E-state index is -1.05. The molecule has 2 aromatic rings. The minimum Gasteiger partial charge on any atom is -0.497 e. The van der Waals surface area contributed by atoms with Crippen molar-refractivity contribution in [1.29, 1.82) is 5.26 Å². The van der Waals surface area contributed by atoms with Crippen LogP contribution in [-0.4, -0.2) is 12.0 Å². The molecule has 0 aliphatic heterocycles. The van der Waals surface area contributed by atoms with E-state index >= 15 is 0 Å². The highest BCUT2D eigenvalue weighted by atomic mass is 79.9. The third kappa shape index (κ3) is 3.65. The molecule has 0 radical (unpaired) electrons. The monoisotopic (exact) mass is 398 g/mol. The number of nitro benzene ring substituents is 1. The van der Waals surface area contributed by atoms with Crippen LogP contribution in [0.1, 0.15) is 24.5 Å². The van der Waals surface area contributed by atoms with Gasteiger partial charge in [0.05, 0.1) is 18.1 Å². The summed E-state index contributed by atoms with van der Waals surface area (Å²) in [6.45, 7) is 1.71. The first-order valence-electron chi connectivity index (χ1n) is 7.38. The fourth-order valence-electron chi connectivity index (χ4n) is 2.58. The summed E-state index contributed by atoms with van der Waals surface area (Å²) in [7, 11) is 1.57. The Labute approximate surface area is 154 Å². The van der Waals surface area contributed by atoms with Crippen LogP contribution in [0.3, 0.4) is 0 Å². The fourth-order valence-corrected chi connectivity index (χ4v) is 3.28. The highest BCUT2D eigenvalue weighted by Crippen LogP contribution is 2.40. The number of rotatable bonds is 5. The van der Waals surface area contributed by atoms with Crippen LogP contribution in [0.4, 0.5) is 5.69 Å². The van der Waals surface area contributed by atoms with Gasteiger partial charge in [0.2, 0.25) is 0 Å². The predicted molar refractivity (Wildman–Crippen MR) is 98.3 cm³/mol. The van der Waals surface area contributed by atoms with E-state index in [0.717, 1.165) is 5.56 Å². The van der Waals surface area contributed by atoms with Crippen LogP contribution in [0, 0.1) is 33.3 Å². The molecule has 0 spiro atoms. The summed E-state index contributed by atoms with van der Waals surface area (Å²) in [4.78, 5) is 10.5. The van der Waals surface area contributed by atoms with Gasteiger partial charge in [-0.05, 0) is 36.2 Å². The van der Waals surface area contributed by atoms with Crippen LogP contribution < -0.4 is 4.74 Å². The molecule has 0 heterocycles. The molecule has 0 saturated heterocycles. The number of non-ortho nitro benzene ring substituents is 1. The van der Waals surface area contributed by atoms with Crippen molar-refractivity contribution in [3.05, 3.63) is 68.2 Å². The lowest BCUT2D eigenvalue weighted by molar-refractivity contribution is -0.384. The molecule has 0 saturated carbocycles. The number of nitriles is 1. The molecule has 2 rings (SSSR count). The van der Waals surface area contributed by atoms with E-state index in [1.807, 2.05) is 12.1 Å². The van der Waals surface area contributed by atoms with Crippen molar-refractivity contribution >= 4 is 21.6 Å². The van der Waals surface area contributed by atoms with Gasteiger partial charge in [0.1, 0.15) is 11.2 Å². The quantitative estimate of drug-likeness (QED) is 0.419. The summed E-state index contributed by atoms with van der Waals surface area (Å²) in [5, 5.41) is 21.0. The maximum atomic E-state index is 11.0. The second-order valence-electron chi connectivity index (χ2n) is 5.27. The Morgan fingerprint density at radius 3 is 2.44 bits per heavy atom. The first-order chi connectivity index (χ1) is 12.0. The van der Waals surface area contributed by atoms with Crippen molar-refractivity contribution in [2.24, 2.45) is 0 Å². The molecule has 0 unspecified atom stereocenters. The van der Waals surface area contributed by atoms with Gasteiger partial charge in [-0.3, -0.25) is 10.1 Å². The van der Waals surface area contributed by atoms with E-state index < -0.39 is 10.3 Å². The van der Waals surface area contributed by atoms with Gasteiger partial charge in [-0.25, -0.2) is 0 Å². The first kappa shape index (κ1) is 18.5. The number of benzene rings is 2. The topological polar surface area (TPSA) is 76.2 Å². The number of nitro groups is 1. The normalized spacial score (nSPS) is 12.2. The molecular weight excluding hydrogens is 384 g/mol. The molecule has 0 fully saturated rings. The molecule has 0 aliphatic carbocycles. The lowest BCUT2D eigenvalue weighted by Gasteiger charge is -2.27. The zero-order valence-corrected chi connectivity index (χ0v) is 15.3. The zero-order valence-electron chi connectivity index (χ0n) is 13.7. The van der Waals surface area contributed by atoms with Crippen LogP contribution >= 0.6 is 15.9 Å². The van der Waals surface area contributed by atoms with Crippen molar-refractivity contribution in [2.45, 2.75) is 18.8 Å². The number of ether oxygens (including phenoxy) is 1. The lowest BCUT2D eigenvalue weighted by atomic mass is 9.73. The molecule has 0 bridgehead atoms. The van der Waals surface area contributed by atoms with Crippen molar-refractivity contribution in [3.63, 3.8) is 0 Å². The Kier molecular flexibility index (Phi) is 5.80. The van der Waals surface area contributed by atoms with Gasteiger partial charge in [0.15, 0.2) is 0 Å². The van der Waals surface area contributed by atoms with Crippen LogP contribution in [0.25, 0.3) is 0 Å². The second kappa shape index (κ2) is 7.83. The Bertz CT molecular complexity index is 892. The Balaban J connectivity index is 2.68. The van der Waals surface area contributed by atoms with Gasteiger partial charge in [0.25, 0.3) is 5.69 Å². The van der Waals surface area contributed by atoms with E-state index in [-0.39, 0.29) is 12.1 Å². The SMILES string of the molecule is CC#CC[C@@](C#N)(c1ccc(OC)cc1)c1ccc([N+](=O)[O-])cc1Br. The molecule has 25 heavy (non-hydrogen) atoms. The molecule has 126 valence electrons. The summed E-state index contributed by atoms with van der Waals surface area (Å²) in [6, 6.07) is 14.0. The molecule has 6 heteroatoms. The first-order valence-corrected chi connectivity index (χ1v) is 8.17. The molecule has 0 amide bonds. The van der Waals surface area contributed by atoms with E-state index in [4.69, 9.17) is 4.74 Å². The van der Waals surface area contributed by atoms with Crippen molar-refractivity contribution in [3.8, 4) is 23.7 Å². The molecule has 1 atom stereocenters. The van der Waals surface area contributed by atoms with Crippen molar-refractivity contribution in [2.75, 3.05) is 7.11 Å². The fraction of sp³-hybridized carbons (Fsp3) is 0.211. The second-order valence-corrected chi connectivity index (χ2v) is 6.12. The number of halogens is 1. The van der Waals surface area contributed by atoms with Gasteiger partial charge < -0.3 is 4.74 Å². The van der Waals surface area contributed by atoms with Crippen LogP contribution in [0.2, 0.25) is 0 Å². The number of methoxy groups -OCH3 is 1. The molecule has 5 nitrogen and oxygen atoms in total. The molecule has 0 N–H and O–H groups in total. The largest absolute Gasteiger partial charge is 0.497 e. The van der Waals surface area contributed by atoms with Crippen LogP contribution in [0.15, 0.2) is 46.9 Å². The maximum absolute atomic E-state index is 11.0. The standard InChI is InChI=1S/C19H15BrN2O3/c1-3-4-11-19(13-21,14-5-8-16(25-2)9-6-14)17-10-7-15(22(23)24)12-18(17)20/h5-10,12H,11H2,1-2H3/t19-/m1/s1. The summed E-state index contributed by atoms with van der Waals surface area (Å²) in [6.07, 6.45) is 0.267. The average Bonchev–Trinajstić information content (AvgIpc) is 2.63. The van der Waals surface area contributed by atoms with Gasteiger partial charge in [-0.1, -0.05) is 28.1 Å². The Morgan fingerprint density at radius 1 is 1.28 bits per heavy atom.